The number of ether oxygens (including phenoxy) is 1. The van der Waals surface area contributed by atoms with Gasteiger partial charge in [-0.15, -0.1) is 0 Å². The second-order valence-electron chi connectivity index (χ2n) is 6.80. The Hall–Kier alpha value is -3.10. The van der Waals surface area contributed by atoms with Crippen molar-refractivity contribution < 1.29 is 14.3 Å². The van der Waals surface area contributed by atoms with Crippen LogP contribution < -0.4 is 14.8 Å². The summed E-state index contributed by atoms with van der Waals surface area (Å²) in [7, 11) is 1.55. The van der Waals surface area contributed by atoms with Gasteiger partial charge in [0.25, 0.3) is 11.8 Å². The summed E-state index contributed by atoms with van der Waals surface area (Å²) in [5.74, 6) is -0.291. The van der Waals surface area contributed by atoms with E-state index in [-0.39, 0.29) is 0 Å². The molecule has 0 unspecified atom stereocenters. The Labute approximate surface area is 178 Å². The largest absolute Gasteiger partial charge is 0.496 e. The Bertz CT molecular complexity index is 1150. The van der Waals surface area contributed by atoms with E-state index in [2.05, 4.69) is 15.0 Å². The molecule has 0 aliphatic carbocycles. The summed E-state index contributed by atoms with van der Waals surface area (Å²) >= 11 is 1.58. The normalized spacial score (nSPS) is 13.9. The second kappa shape index (κ2) is 8.73. The van der Waals surface area contributed by atoms with E-state index in [9.17, 15) is 9.59 Å². The van der Waals surface area contributed by atoms with Crippen LogP contribution in [0.4, 0.5) is 0 Å². The molecule has 0 saturated carbocycles. The van der Waals surface area contributed by atoms with E-state index in [0.717, 1.165) is 30.5 Å². The number of amides is 2. The molecular formula is C22H22N4O3S. The molecular weight excluding hydrogens is 400 g/mol. The van der Waals surface area contributed by atoms with Gasteiger partial charge in [-0.1, -0.05) is 30.1 Å². The Morgan fingerprint density at radius 2 is 1.87 bits per heavy atom. The van der Waals surface area contributed by atoms with Gasteiger partial charge in [0.05, 0.1) is 18.3 Å². The predicted molar refractivity (Wildman–Crippen MR) is 119 cm³/mol. The van der Waals surface area contributed by atoms with Crippen molar-refractivity contribution in [3.63, 3.8) is 0 Å². The van der Waals surface area contributed by atoms with Crippen LogP contribution in [0.3, 0.4) is 0 Å². The number of rotatable bonds is 8. The summed E-state index contributed by atoms with van der Waals surface area (Å²) in [6.45, 7) is 1.60. The minimum Gasteiger partial charge on any atom is -0.496 e. The molecule has 8 heteroatoms. The third kappa shape index (κ3) is 3.59. The number of carbonyl (C=O) groups is 2. The minimum absolute atomic E-state index is 0.324. The van der Waals surface area contributed by atoms with Crippen LogP contribution in [0.25, 0.3) is 22.2 Å². The van der Waals surface area contributed by atoms with Gasteiger partial charge in [0.2, 0.25) is 0 Å². The Morgan fingerprint density at radius 1 is 1.10 bits per heavy atom. The van der Waals surface area contributed by atoms with Crippen LogP contribution in [0.1, 0.15) is 17.5 Å². The van der Waals surface area contributed by atoms with Crippen molar-refractivity contribution in [1.82, 2.24) is 19.6 Å². The van der Waals surface area contributed by atoms with Crippen molar-refractivity contribution in [1.29, 1.82) is 0 Å². The van der Waals surface area contributed by atoms with Crippen LogP contribution in [0.15, 0.2) is 48.8 Å². The quantitative estimate of drug-likeness (QED) is 0.330. The molecule has 154 valence electrons. The number of hydrogen-bond donors (Lipinski definition) is 2. The first kappa shape index (κ1) is 20.2. The van der Waals surface area contributed by atoms with Gasteiger partial charge in [0, 0.05) is 42.0 Å². The zero-order valence-electron chi connectivity index (χ0n) is 16.8. The van der Waals surface area contributed by atoms with Crippen molar-refractivity contribution in [2.24, 2.45) is 0 Å². The van der Waals surface area contributed by atoms with E-state index in [1.54, 1.807) is 37.4 Å². The molecule has 1 aromatic carbocycles. The number of imide groups is 1. The average molecular weight is 423 g/mol. The van der Waals surface area contributed by atoms with E-state index in [0.29, 0.717) is 28.0 Å². The summed E-state index contributed by atoms with van der Waals surface area (Å²) in [5, 5.41) is 3.28. The van der Waals surface area contributed by atoms with Crippen molar-refractivity contribution in [2.75, 3.05) is 19.9 Å². The number of aromatic nitrogens is 2. The van der Waals surface area contributed by atoms with E-state index in [1.165, 1.54) is 0 Å². The fourth-order valence-electron chi connectivity index (χ4n) is 3.74. The van der Waals surface area contributed by atoms with Gasteiger partial charge in [-0.2, -0.15) is 0 Å². The first-order valence-corrected chi connectivity index (χ1v) is 10.8. The lowest BCUT2D eigenvalue weighted by molar-refractivity contribution is -0.122. The zero-order chi connectivity index (χ0) is 21.1. The van der Waals surface area contributed by atoms with E-state index in [4.69, 9.17) is 4.74 Å². The highest BCUT2D eigenvalue weighted by atomic mass is 32.2. The number of methoxy groups -OCH3 is 1. The van der Waals surface area contributed by atoms with Crippen LogP contribution >= 0.6 is 11.9 Å². The number of fused-ring (bicyclic) bond motifs is 1. The SMILES string of the molecule is COc1ccccc1C1=C(c2cn(CCCNSC)c3ncccc23)C(=O)NC1=O. The third-order valence-corrected chi connectivity index (χ3v) is 5.53. The predicted octanol–water partition coefficient (Wildman–Crippen LogP) is 2.87. The summed E-state index contributed by atoms with van der Waals surface area (Å²) in [4.78, 5) is 30.1. The molecule has 7 nitrogen and oxygen atoms in total. The number of carbonyl (C=O) groups excluding carboxylic acids is 2. The van der Waals surface area contributed by atoms with Crippen LogP contribution in [0, 0.1) is 0 Å². The molecule has 0 saturated heterocycles. The summed E-state index contributed by atoms with van der Waals surface area (Å²) in [6, 6.07) is 11.0. The molecule has 1 aliphatic rings. The number of pyridine rings is 1. The van der Waals surface area contributed by atoms with Gasteiger partial charge in [0.15, 0.2) is 0 Å². The van der Waals surface area contributed by atoms with Gasteiger partial charge in [-0.05, 0) is 30.9 Å². The lowest BCUT2D eigenvalue weighted by Gasteiger charge is -2.09. The van der Waals surface area contributed by atoms with Crippen molar-refractivity contribution in [2.45, 2.75) is 13.0 Å². The molecule has 1 aliphatic heterocycles. The molecule has 0 fully saturated rings. The number of nitrogens with zero attached hydrogens (tertiary/aromatic N) is 2. The van der Waals surface area contributed by atoms with Gasteiger partial charge >= 0.3 is 0 Å². The Kier molecular flexibility index (Phi) is 5.87. The topological polar surface area (TPSA) is 85.2 Å². The maximum Gasteiger partial charge on any atom is 0.259 e. The highest BCUT2D eigenvalue weighted by Crippen LogP contribution is 2.38. The Morgan fingerprint density at radius 3 is 2.63 bits per heavy atom. The Balaban J connectivity index is 1.88. The molecule has 3 aromatic rings. The van der Waals surface area contributed by atoms with Crippen molar-refractivity contribution >= 4 is 45.9 Å². The molecule has 2 aromatic heterocycles. The standard InChI is InChI=1S/C22H22N4O3S/c1-29-17-9-4-3-7-15(17)18-19(22(28)25-21(18)27)16-13-26(12-6-11-24-30-2)20-14(16)8-5-10-23-20/h3-5,7-10,13,24H,6,11-12H2,1-2H3,(H,25,27,28). The molecule has 0 bridgehead atoms. The molecule has 0 radical (unpaired) electrons. The van der Waals surface area contributed by atoms with E-state index < -0.39 is 11.8 Å². The lowest BCUT2D eigenvalue weighted by Crippen LogP contribution is -2.22. The number of nitrogens with one attached hydrogen (secondary N) is 2. The summed E-state index contributed by atoms with van der Waals surface area (Å²) < 4.78 is 10.7. The molecule has 2 amide bonds. The van der Waals surface area contributed by atoms with Gasteiger partial charge in [0.1, 0.15) is 11.4 Å². The second-order valence-corrected chi connectivity index (χ2v) is 7.49. The summed E-state index contributed by atoms with van der Waals surface area (Å²) in [5.41, 5.74) is 2.75. The number of aryl methyl sites for hydroxylation is 1. The maximum atomic E-state index is 12.8. The molecule has 0 atom stereocenters. The number of para-hydroxylation sites is 1. The minimum atomic E-state index is -0.423. The van der Waals surface area contributed by atoms with E-state index >= 15 is 0 Å². The van der Waals surface area contributed by atoms with Gasteiger partial charge in [-0.3, -0.25) is 19.6 Å². The van der Waals surface area contributed by atoms with Gasteiger partial charge < -0.3 is 9.30 Å². The molecule has 2 N–H and O–H groups in total. The third-order valence-electron chi connectivity index (χ3n) is 5.03. The van der Waals surface area contributed by atoms with Crippen molar-refractivity contribution in [3.05, 3.63) is 59.9 Å². The van der Waals surface area contributed by atoms with Crippen LogP contribution in [0.2, 0.25) is 0 Å². The van der Waals surface area contributed by atoms with Crippen LogP contribution in [-0.2, 0) is 16.1 Å². The first-order valence-electron chi connectivity index (χ1n) is 9.59. The number of benzene rings is 1. The van der Waals surface area contributed by atoms with Crippen LogP contribution in [0.5, 0.6) is 5.75 Å². The fraction of sp³-hybridized carbons (Fsp3) is 0.227. The van der Waals surface area contributed by atoms with Crippen LogP contribution in [-0.4, -0.2) is 41.3 Å². The zero-order valence-corrected chi connectivity index (χ0v) is 17.6. The number of hydrogen-bond acceptors (Lipinski definition) is 6. The lowest BCUT2D eigenvalue weighted by atomic mass is 9.96. The smallest absolute Gasteiger partial charge is 0.259 e. The van der Waals surface area contributed by atoms with E-state index in [1.807, 2.05) is 41.3 Å². The first-order chi connectivity index (χ1) is 14.7. The maximum absolute atomic E-state index is 12.8. The molecule has 3 heterocycles. The molecule has 0 spiro atoms. The summed E-state index contributed by atoms with van der Waals surface area (Å²) in [6.07, 6.45) is 6.55. The highest BCUT2D eigenvalue weighted by molar-refractivity contribution is 7.96. The molecule has 30 heavy (non-hydrogen) atoms. The monoisotopic (exact) mass is 422 g/mol. The highest BCUT2D eigenvalue weighted by Gasteiger charge is 2.35. The molecule has 4 rings (SSSR count). The van der Waals surface area contributed by atoms with Gasteiger partial charge in [-0.25, -0.2) is 4.98 Å². The average Bonchev–Trinajstić information content (AvgIpc) is 3.27. The van der Waals surface area contributed by atoms with Crippen molar-refractivity contribution in [3.8, 4) is 5.75 Å². The fourth-order valence-corrected chi connectivity index (χ4v) is 4.08.